The van der Waals surface area contributed by atoms with Crippen LogP contribution in [0.2, 0.25) is 0 Å². The lowest BCUT2D eigenvalue weighted by molar-refractivity contribution is -0.161. The van der Waals surface area contributed by atoms with E-state index in [2.05, 4.69) is 62.5 Å². The smallest absolute Gasteiger partial charge is 0.462 e. The lowest BCUT2D eigenvalue weighted by Gasteiger charge is -2.20. The topological polar surface area (TPSA) is 112 Å². The summed E-state index contributed by atoms with van der Waals surface area (Å²) < 4.78 is 33.3. The average Bonchev–Trinajstić information content (AvgIpc) is 3.09. The monoisotopic (exact) mass is 740 g/mol. The van der Waals surface area contributed by atoms with Gasteiger partial charge in [0.2, 0.25) is 0 Å². The fourth-order valence-electron chi connectivity index (χ4n) is 5.09. The molecule has 0 aliphatic carbocycles. The van der Waals surface area contributed by atoms with E-state index in [0.29, 0.717) is 13.0 Å². The molecular formula is C41H74NO8P. The molecule has 0 aliphatic heterocycles. The molecule has 51 heavy (non-hydrogen) atoms. The number of rotatable bonds is 36. The van der Waals surface area contributed by atoms with Crippen LogP contribution in [0.4, 0.5) is 0 Å². The van der Waals surface area contributed by atoms with Gasteiger partial charge in [-0.05, 0) is 65.5 Å². The molecule has 0 saturated heterocycles. The number of ether oxygens (including phenoxy) is 2. The van der Waals surface area contributed by atoms with Crippen molar-refractivity contribution in [2.24, 2.45) is 0 Å². The average molecular weight is 740 g/mol. The van der Waals surface area contributed by atoms with E-state index in [4.69, 9.17) is 18.5 Å². The molecule has 0 aromatic heterocycles. The summed E-state index contributed by atoms with van der Waals surface area (Å²) in [7, 11) is -0.726. The van der Waals surface area contributed by atoms with Crippen LogP contribution in [0.15, 0.2) is 48.6 Å². The van der Waals surface area contributed by atoms with Crippen molar-refractivity contribution < 1.29 is 37.6 Å². The van der Waals surface area contributed by atoms with Crippen molar-refractivity contribution >= 4 is 19.8 Å². The zero-order valence-corrected chi connectivity index (χ0v) is 33.7. The molecule has 296 valence electrons. The highest BCUT2D eigenvalue weighted by Crippen LogP contribution is 2.43. The number of phosphoric acid groups is 1. The standard InChI is InChI=1S/C41H74NO8P/c1-5-7-9-11-13-15-17-18-19-20-21-22-24-26-28-30-32-34-41(44)50-39(38-49-51(45,46)48-36-35-42(3)4)37-47-40(43)33-31-29-27-25-23-16-14-12-10-8-6-2/h7,9,13,15,18-19,21-22,39H,5-6,8,10-12,14,16-17,20,23-38H2,1-4H3,(H,45,46)/b9-7-,15-13-,19-18-,22-21-. The zero-order chi connectivity index (χ0) is 37.7. The van der Waals surface area contributed by atoms with Gasteiger partial charge in [0.1, 0.15) is 6.61 Å². The second kappa shape index (κ2) is 36.3. The maximum absolute atomic E-state index is 12.6. The Labute approximate surface area is 311 Å². The van der Waals surface area contributed by atoms with Crippen molar-refractivity contribution in [3.8, 4) is 0 Å². The molecule has 9 nitrogen and oxygen atoms in total. The number of carbonyl (C=O) groups excluding carboxylic acids is 2. The Morgan fingerprint density at radius 1 is 0.627 bits per heavy atom. The van der Waals surface area contributed by atoms with Crippen LogP contribution >= 0.6 is 7.82 Å². The van der Waals surface area contributed by atoms with Crippen LogP contribution in [0.3, 0.4) is 0 Å². The molecule has 2 unspecified atom stereocenters. The molecule has 1 N–H and O–H groups in total. The van der Waals surface area contributed by atoms with E-state index in [9.17, 15) is 19.0 Å². The summed E-state index contributed by atoms with van der Waals surface area (Å²) in [6.07, 6.45) is 38.7. The number of esters is 2. The minimum atomic E-state index is -4.36. The number of carbonyl (C=O) groups is 2. The lowest BCUT2D eigenvalue weighted by Crippen LogP contribution is -2.29. The first-order chi connectivity index (χ1) is 24.7. The van der Waals surface area contributed by atoms with E-state index in [-0.39, 0.29) is 32.0 Å². The molecule has 10 heteroatoms. The van der Waals surface area contributed by atoms with E-state index >= 15 is 0 Å². The molecule has 0 aromatic rings. The minimum Gasteiger partial charge on any atom is -0.462 e. The number of phosphoric ester groups is 1. The van der Waals surface area contributed by atoms with Crippen LogP contribution in [-0.2, 0) is 32.7 Å². The largest absolute Gasteiger partial charge is 0.472 e. The molecule has 0 radical (unpaired) electrons. The van der Waals surface area contributed by atoms with Crippen molar-refractivity contribution in [3.63, 3.8) is 0 Å². The molecule has 0 spiro atoms. The first-order valence-corrected chi connectivity index (χ1v) is 21.4. The first-order valence-electron chi connectivity index (χ1n) is 19.9. The highest BCUT2D eigenvalue weighted by molar-refractivity contribution is 7.47. The predicted octanol–water partition coefficient (Wildman–Crippen LogP) is 11.0. The van der Waals surface area contributed by atoms with Crippen molar-refractivity contribution in [3.05, 3.63) is 48.6 Å². The van der Waals surface area contributed by atoms with Crippen LogP contribution in [-0.4, -0.2) is 68.3 Å². The van der Waals surface area contributed by atoms with Crippen molar-refractivity contribution in [2.45, 2.75) is 161 Å². The second-order valence-corrected chi connectivity index (χ2v) is 14.9. The third-order valence-corrected chi connectivity index (χ3v) is 9.13. The molecule has 0 rings (SSSR count). The van der Waals surface area contributed by atoms with E-state index in [1.54, 1.807) is 0 Å². The number of unbranched alkanes of at least 4 members (excludes halogenated alkanes) is 14. The summed E-state index contributed by atoms with van der Waals surface area (Å²) in [5.41, 5.74) is 0. The van der Waals surface area contributed by atoms with E-state index in [1.807, 2.05) is 19.0 Å². The van der Waals surface area contributed by atoms with Crippen molar-refractivity contribution in [1.29, 1.82) is 0 Å². The SMILES string of the molecule is CC/C=C\C/C=C\C/C=C\C/C=C\CCCCCCC(=O)OC(COC(=O)CCCCCCCCCCCCC)COP(=O)(O)OCCN(C)C. The number of likely N-dealkylation sites (N-methyl/N-ethyl adjacent to an activating group) is 1. The Balaban J connectivity index is 4.39. The minimum absolute atomic E-state index is 0.00145. The van der Waals surface area contributed by atoms with E-state index in [1.165, 1.54) is 51.4 Å². The molecule has 0 bridgehead atoms. The molecule has 0 aromatic carbocycles. The van der Waals surface area contributed by atoms with Gasteiger partial charge in [-0.2, -0.15) is 0 Å². The predicted molar refractivity (Wildman–Crippen MR) is 211 cm³/mol. The van der Waals surface area contributed by atoms with Gasteiger partial charge in [0.25, 0.3) is 0 Å². The van der Waals surface area contributed by atoms with Crippen LogP contribution in [0, 0.1) is 0 Å². The Hall–Kier alpha value is -2.03. The number of hydrogen-bond acceptors (Lipinski definition) is 8. The molecule has 2 atom stereocenters. The zero-order valence-electron chi connectivity index (χ0n) is 32.8. The van der Waals surface area contributed by atoms with Crippen LogP contribution in [0.5, 0.6) is 0 Å². The van der Waals surface area contributed by atoms with Gasteiger partial charge in [0, 0.05) is 19.4 Å². The van der Waals surface area contributed by atoms with Crippen LogP contribution in [0.1, 0.15) is 155 Å². The Kier molecular flexibility index (Phi) is 34.9. The van der Waals surface area contributed by atoms with Crippen molar-refractivity contribution in [2.75, 3.05) is 40.5 Å². The summed E-state index contributed by atoms with van der Waals surface area (Å²) in [6, 6.07) is 0. The summed E-state index contributed by atoms with van der Waals surface area (Å²) in [6.45, 7) is 4.16. The fourth-order valence-corrected chi connectivity index (χ4v) is 5.83. The maximum Gasteiger partial charge on any atom is 0.472 e. The lowest BCUT2D eigenvalue weighted by atomic mass is 10.1. The second-order valence-electron chi connectivity index (χ2n) is 13.4. The van der Waals surface area contributed by atoms with Gasteiger partial charge in [0.15, 0.2) is 6.10 Å². The van der Waals surface area contributed by atoms with Crippen LogP contribution < -0.4 is 0 Å². The maximum atomic E-state index is 12.6. The van der Waals surface area contributed by atoms with E-state index < -0.39 is 26.5 Å². The number of nitrogens with zero attached hydrogens (tertiary/aromatic N) is 1. The summed E-state index contributed by atoms with van der Waals surface area (Å²) in [4.78, 5) is 36.9. The van der Waals surface area contributed by atoms with Gasteiger partial charge < -0.3 is 19.3 Å². The van der Waals surface area contributed by atoms with Gasteiger partial charge >= 0.3 is 19.8 Å². The van der Waals surface area contributed by atoms with E-state index in [0.717, 1.165) is 70.6 Å². The number of hydrogen-bond donors (Lipinski definition) is 1. The summed E-state index contributed by atoms with van der Waals surface area (Å²) in [5.74, 6) is -0.833. The third-order valence-electron chi connectivity index (χ3n) is 8.15. The van der Waals surface area contributed by atoms with Gasteiger partial charge in [-0.25, -0.2) is 4.57 Å². The first kappa shape index (κ1) is 49.0. The molecule has 0 amide bonds. The van der Waals surface area contributed by atoms with Crippen LogP contribution in [0.25, 0.3) is 0 Å². The Bertz CT molecular complexity index is 994. The quantitative estimate of drug-likeness (QED) is 0.0290. The Morgan fingerprint density at radius 3 is 1.67 bits per heavy atom. The normalized spacial score (nSPS) is 14.0. The number of allylic oxidation sites excluding steroid dienone is 8. The summed E-state index contributed by atoms with van der Waals surface area (Å²) >= 11 is 0. The van der Waals surface area contributed by atoms with Gasteiger partial charge in [0.05, 0.1) is 13.2 Å². The Morgan fingerprint density at radius 2 is 1.12 bits per heavy atom. The van der Waals surface area contributed by atoms with Gasteiger partial charge in [-0.1, -0.05) is 140 Å². The molecule has 0 heterocycles. The van der Waals surface area contributed by atoms with Crippen molar-refractivity contribution in [1.82, 2.24) is 4.90 Å². The highest BCUT2D eigenvalue weighted by Gasteiger charge is 2.26. The molecule has 0 saturated carbocycles. The molecule has 0 fully saturated rings. The van der Waals surface area contributed by atoms with Gasteiger partial charge in [-0.3, -0.25) is 18.6 Å². The molecular weight excluding hydrogens is 665 g/mol. The third kappa shape index (κ3) is 37.5. The molecule has 0 aliphatic rings. The fraction of sp³-hybridized carbons (Fsp3) is 0.756. The van der Waals surface area contributed by atoms with Gasteiger partial charge in [-0.15, -0.1) is 0 Å². The highest BCUT2D eigenvalue weighted by atomic mass is 31.2. The summed E-state index contributed by atoms with van der Waals surface area (Å²) in [5, 5.41) is 0.